The third kappa shape index (κ3) is 5.36. The van der Waals surface area contributed by atoms with E-state index in [4.69, 9.17) is 25.8 Å². The number of ether oxygens (including phenoxy) is 3. The van der Waals surface area contributed by atoms with Gasteiger partial charge in [0.05, 0.1) is 19.5 Å². The van der Waals surface area contributed by atoms with E-state index in [0.29, 0.717) is 24.8 Å². The van der Waals surface area contributed by atoms with Gasteiger partial charge in [0.1, 0.15) is 18.5 Å². The summed E-state index contributed by atoms with van der Waals surface area (Å²) in [6.45, 7) is 7.94. The highest BCUT2D eigenvalue weighted by atomic mass is 35.5. The molecule has 1 aromatic heterocycles. The van der Waals surface area contributed by atoms with Crippen LogP contribution >= 0.6 is 11.6 Å². The van der Waals surface area contributed by atoms with Crippen molar-refractivity contribution >= 4 is 23.2 Å². The molecule has 0 radical (unpaired) electrons. The first-order chi connectivity index (χ1) is 17.4. The van der Waals surface area contributed by atoms with Gasteiger partial charge in [0, 0.05) is 61.8 Å². The fourth-order valence-corrected chi connectivity index (χ4v) is 5.11. The van der Waals surface area contributed by atoms with Crippen LogP contribution in [0.5, 0.6) is 5.75 Å². The number of hydrogen-bond donors (Lipinski definition) is 0. The van der Waals surface area contributed by atoms with Crippen molar-refractivity contribution in [3.05, 3.63) is 77.3 Å². The van der Waals surface area contributed by atoms with Gasteiger partial charge in [-0.2, -0.15) is 0 Å². The Morgan fingerprint density at radius 1 is 1.17 bits per heavy atom. The van der Waals surface area contributed by atoms with Gasteiger partial charge in [-0.15, -0.1) is 0 Å². The van der Waals surface area contributed by atoms with E-state index in [0.717, 1.165) is 48.7 Å². The summed E-state index contributed by atoms with van der Waals surface area (Å²) in [6, 6.07) is 13.9. The van der Waals surface area contributed by atoms with Crippen LogP contribution in [0.3, 0.4) is 0 Å². The Kier molecular flexibility index (Phi) is 7.18. The molecule has 0 saturated carbocycles. The highest BCUT2D eigenvalue weighted by molar-refractivity contribution is 6.31. The SMILES string of the molecule is CC(=O)N1CCN(c2ccc(OC[C@H]3CO[C@](Cn4ccnc4)(c4ccc(C)cc4Cl)O3)cc2)CC1. The van der Waals surface area contributed by atoms with Crippen LogP contribution in [0, 0.1) is 6.92 Å². The minimum atomic E-state index is -1.02. The van der Waals surface area contributed by atoms with Crippen LogP contribution in [-0.4, -0.2) is 65.9 Å². The molecule has 5 rings (SSSR count). The molecule has 2 fully saturated rings. The van der Waals surface area contributed by atoms with Crippen molar-refractivity contribution in [3.8, 4) is 5.75 Å². The summed E-state index contributed by atoms with van der Waals surface area (Å²) in [6.07, 6.45) is 5.08. The van der Waals surface area contributed by atoms with Gasteiger partial charge in [0.2, 0.25) is 11.7 Å². The van der Waals surface area contributed by atoms with E-state index in [1.54, 1.807) is 19.4 Å². The van der Waals surface area contributed by atoms with Gasteiger partial charge in [-0.05, 0) is 42.8 Å². The third-order valence-corrected chi connectivity index (χ3v) is 7.02. The molecule has 2 aliphatic rings. The van der Waals surface area contributed by atoms with Gasteiger partial charge in [-0.1, -0.05) is 23.7 Å². The number of amides is 1. The monoisotopic (exact) mass is 510 g/mol. The molecule has 0 bridgehead atoms. The number of nitrogens with zero attached hydrogens (tertiary/aromatic N) is 4. The molecule has 0 unspecified atom stereocenters. The van der Waals surface area contributed by atoms with Crippen molar-refractivity contribution in [3.63, 3.8) is 0 Å². The molecule has 0 aliphatic carbocycles. The second-order valence-electron chi connectivity index (χ2n) is 9.32. The maximum absolute atomic E-state index is 11.6. The topological polar surface area (TPSA) is 69.1 Å². The first-order valence-electron chi connectivity index (χ1n) is 12.2. The van der Waals surface area contributed by atoms with Crippen LogP contribution in [0.1, 0.15) is 18.1 Å². The van der Waals surface area contributed by atoms with Crippen LogP contribution in [0.25, 0.3) is 0 Å². The number of halogens is 1. The molecule has 9 heteroatoms. The molecule has 1 amide bonds. The van der Waals surface area contributed by atoms with Crippen LogP contribution in [0.2, 0.25) is 5.02 Å². The van der Waals surface area contributed by atoms with Crippen molar-refractivity contribution in [1.29, 1.82) is 0 Å². The smallest absolute Gasteiger partial charge is 0.219 e. The fraction of sp³-hybridized carbons (Fsp3) is 0.407. The molecule has 3 heterocycles. The standard InChI is InChI=1S/C27H31ClN4O4/c1-20-3-8-25(26(28)15-20)27(18-30-10-9-29-19-30)35-17-24(36-27)16-34-23-6-4-22(5-7-23)32-13-11-31(12-14-32)21(2)33/h3-10,15,19,24H,11-14,16-18H2,1-2H3/t24-,27-/m0/s1. The molecule has 36 heavy (non-hydrogen) atoms. The molecule has 0 spiro atoms. The Bertz CT molecular complexity index is 1180. The average molecular weight is 511 g/mol. The Hall–Kier alpha value is -3.07. The molecule has 190 valence electrons. The first kappa shape index (κ1) is 24.6. The molecular formula is C27H31ClN4O4. The summed E-state index contributed by atoms with van der Waals surface area (Å²) in [5.41, 5.74) is 2.99. The van der Waals surface area contributed by atoms with Crippen molar-refractivity contribution < 1.29 is 19.0 Å². The van der Waals surface area contributed by atoms with Gasteiger partial charge < -0.3 is 28.6 Å². The Morgan fingerprint density at radius 3 is 2.61 bits per heavy atom. The number of piperazine rings is 1. The molecule has 3 aromatic rings. The van der Waals surface area contributed by atoms with Crippen LogP contribution < -0.4 is 9.64 Å². The van der Waals surface area contributed by atoms with E-state index >= 15 is 0 Å². The first-order valence-corrected chi connectivity index (χ1v) is 12.6. The van der Waals surface area contributed by atoms with E-state index in [9.17, 15) is 4.79 Å². The van der Waals surface area contributed by atoms with Gasteiger partial charge in [-0.25, -0.2) is 4.98 Å². The second kappa shape index (κ2) is 10.5. The Labute approximate surface area is 216 Å². The zero-order valence-corrected chi connectivity index (χ0v) is 21.4. The van der Waals surface area contributed by atoms with Gasteiger partial charge >= 0.3 is 0 Å². The number of carbonyl (C=O) groups is 1. The van der Waals surface area contributed by atoms with E-state index in [2.05, 4.69) is 22.0 Å². The van der Waals surface area contributed by atoms with E-state index in [1.165, 1.54) is 0 Å². The predicted molar refractivity (Wildman–Crippen MR) is 137 cm³/mol. The van der Waals surface area contributed by atoms with Crippen LogP contribution in [-0.2, 0) is 26.6 Å². The van der Waals surface area contributed by atoms with Crippen LogP contribution in [0.4, 0.5) is 5.69 Å². The Balaban J connectivity index is 1.22. The highest BCUT2D eigenvalue weighted by Gasteiger charge is 2.45. The van der Waals surface area contributed by atoms with E-state index in [1.807, 2.05) is 52.9 Å². The van der Waals surface area contributed by atoms with Crippen LogP contribution in [0.15, 0.2) is 61.2 Å². The van der Waals surface area contributed by atoms with Gasteiger partial charge in [0.25, 0.3) is 0 Å². The molecule has 0 N–H and O–H groups in total. The summed E-state index contributed by atoms with van der Waals surface area (Å²) >= 11 is 6.62. The third-order valence-electron chi connectivity index (χ3n) is 6.71. The number of hydrogen-bond acceptors (Lipinski definition) is 6. The Morgan fingerprint density at radius 2 is 1.94 bits per heavy atom. The van der Waals surface area contributed by atoms with Crippen molar-refractivity contribution in [2.75, 3.05) is 44.3 Å². The molecular weight excluding hydrogens is 480 g/mol. The summed E-state index contributed by atoms with van der Waals surface area (Å²) < 4.78 is 20.7. The maximum Gasteiger partial charge on any atom is 0.219 e. The molecule has 2 saturated heterocycles. The molecule has 2 aromatic carbocycles. The average Bonchev–Trinajstić information content (AvgIpc) is 3.54. The summed E-state index contributed by atoms with van der Waals surface area (Å²) in [5, 5.41) is 0.608. The van der Waals surface area contributed by atoms with Crippen molar-refractivity contribution in [2.45, 2.75) is 32.3 Å². The number of anilines is 1. The highest BCUT2D eigenvalue weighted by Crippen LogP contribution is 2.40. The summed E-state index contributed by atoms with van der Waals surface area (Å²) in [4.78, 5) is 19.9. The summed E-state index contributed by atoms with van der Waals surface area (Å²) in [7, 11) is 0. The lowest BCUT2D eigenvalue weighted by atomic mass is 10.0. The summed E-state index contributed by atoms with van der Waals surface area (Å²) in [5.74, 6) is -0.119. The second-order valence-corrected chi connectivity index (χ2v) is 9.73. The zero-order chi connectivity index (χ0) is 25.1. The van der Waals surface area contributed by atoms with Gasteiger partial charge in [0.15, 0.2) is 0 Å². The predicted octanol–water partition coefficient (Wildman–Crippen LogP) is 3.86. The number of carbonyl (C=O) groups excluding carboxylic acids is 1. The minimum absolute atomic E-state index is 0.134. The van der Waals surface area contributed by atoms with E-state index in [-0.39, 0.29) is 12.0 Å². The lowest BCUT2D eigenvalue weighted by Gasteiger charge is -2.35. The maximum atomic E-state index is 11.6. The largest absolute Gasteiger partial charge is 0.491 e. The van der Waals surface area contributed by atoms with Crippen molar-refractivity contribution in [1.82, 2.24) is 14.5 Å². The lowest BCUT2D eigenvalue weighted by molar-refractivity contribution is -0.189. The molecule has 2 atom stereocenters. The molecule has 2 aliphatic heterocycles. The number of rotatable bonds is 7. The number of imidazole rings is 1. The van der Waals surface area contributed by atoms with Gasteiger partial charge in [-0.3, -0.25) is 4.79 Å². The number of benzene rings is 2. The quantitative estimate of drug-likeness (QED) is 0.481. The zero-order valence-electron chi connectivity index (χ0n) is 20.6. The number of aryl methyl sites for hydroxylation is 1. The lowest BCUT2D eigenvalue weighted by Crippen LogP contribution is -2.48. The normalized spacial score (nSPS) is 22.1. The fourth-order valence-electron chi connectivity index (χ4n) is 4.73. The minimum Gasteiger partial charge on any atom is -0.491 e. The van der Waals surface area contributed by atoms with E-state index < -0.39 is 5.79 Å². The number of aromatic nitrogens is 2. The molecule has 8 nitrogen and oxygen atoms in total. The van der Waals surface area contributed by atoms with Crippen molar-refractivity contribution in [2.24, 2.45) is 0 Å².